The van der Waals surface area contributed by atoms with Crippen molar-refractivity contribution in [3.63, 3.8) is 0 Å². The number of carbonyl (C=O) groups excluding carboxylic acids is 1. The van der Waals surface area contributed by atoms with Gasteiger partial charge in [0.15, 0.2) is 0 Å². The van der Waals surface area contributed by atoms with E-state index in [1.807, 2.05) is 13.8 Å². The Kier molecular flexibility index (Phi) is 5.39. The number of imidazole rings is 1. The first-order valence-corrected chi connectivity index (χ1v) is 6.41. The van der Waals surface area contributed by atoms with Crippen LogP contribution in [-0.2, 0) is 16.1 Å². The summed E-state index contributed by atoms with van der Waals surface area (Å²) in [5, 5.41) is 22.0. The second-order valence-corrected chi connectivity index (χ2v) is 5.12. The summed E-state index contributed by atoms with van der Waals surface area (Å²) < 4.78 is 1.31. The molecule has 1 amide bonds. The van der Waals surface area contributed by atoms with Gasteiger partial charge in [0.2, 0.25) is 11.7 Å². The van der Waals surface area contributed by atoms with Crippen LogP contribution in [0.25, 0.3) is 0 Å². The normalized spacial score (nSPS) is 12.2. The summed E-state index contributed by atoms with van der Waals surface area (Å²) in [6.45, 7) is 5.02. The Hall–Kier alpha value is -2.45. The minimum absolute atomic E-state index is 0.113. The first kappa shape index (κ1) is 16.6. The third kappa shape index (κ3) is 4.86. The molecule has 0 spiro atoms. The number of nitrogens with one attached hydrogen (secondary N) is 1. The lowest BCUT2D eigenvalue weighted by molar-refractivity contribution is -0.389. The maximum atomic E-state index is 11.8. The molecular formula is C12H18N4O5. The predicted octanol–water partition coefficient (Wildman–Crippen LogP) is 0.715. The number of hydrogen-bond acceptors (Lipinski definition) is 5. The van der Waals surface area contributed by atoms with Crippen LogP contribution in [0.1, 0.15) is 26.1 Å². The molecule has 0 fully saturated rings. The predicted molar refractivity (Wildman–Crippen MR) is 72.6 cm³/mol. The van der Waals surface area contributed by atoms with Gasteiger partial charge in [-0.2, -0.15) is 0 Å². The molecule has 0 aliphatic heterocycles. The monoisotopic (exact) mass is 298 g/mol. The number of aromatic nitrogens is 2. The van der Waals surface area contributed by atoms with Gasteiger partial charge in [-0.1, -0.05) is 13.8 Å². The molecule has 9 nitrogen and oxygen atoms in total. The largest absolute Gasteiger partial charge is 0.480 e. The zero-order valence-electron chi connectivity index (χ0n) is 12.1. The van der Waals surface area contributed by atoms with Crippen LogP contribution in [0.4, 0.5) is 5.82 Å². The lowest BCUT2D eigenvalue weighted by Gasteiger charge is -2.16. The van der Waals surface area contributed by atoms with Crippen molar-refractivity contribution < 1.29 is 19.6 Å². The molecule has 9 heteroatoms. The topological polar surface area (TPSA) is 127 Å². The van der Waals surface area contributed by atoms with E-state index in [4.69, 9.17) is 5.11 Å². The zero-order chi connectivity index (χ0) is 16.2. The summed E-state index contributed by atoms with van der Waals surface area (Å²) in [5.74, 6) is -1.56. The Morgan fingerprint density at radius 1 is 1.52 bits per heavy atom. The fourth-order valence-electron chi connectivity index (χ4n) is 1.83. The van der Waals surface area contributed by atoms with E-state index in [-0.39, 0.29) is 18.3 Å². The van der Waals surface area contributed by atoms with Gasteiger partial charge in [0.05, 0.1) is 0 Å². The molecule has 1 aromatic rings. The summed E-state index contributed by atoms with van der Waals surface area (Å²) in [4.78, 5) is 36.5. The number of carboxylic acids is 1. The molecule has 0 aliphatic rings. The van der Waals surface area contributed by atoms with Crippen LogP contribution in [0.2, 0.25) is 0 Å². The van der Waals surface area contributed by atoms with E-state index in [1.54, 1.807) is 0 Å². The van der Waals surface area contributed by atoms with Crippen molar-refractivity contribution in [3.8, 4) is 0 Å². The molecule has 116 valence electrons. The highest BCUT2D eigenvalue weighted by Gasteiger charge is 2.22. The van der Waals surface area contributed by atoms with Gasteiger partial charge in [0.1, 0.15) is 18.8 Å². The lowest BCUT2D eigenvalue weighted by Crippen LogP contribution is -2.43. The number of aryl methyl sites for hydroxylation is 1. The Balaban J connectivity index is 2.72. The molecule has 0 aromatic carbocycles. The van der Waals surface area contributed by atoms with Crippen molar-refractivity contribution in [2.24, 2.45) is 5.92 Å². The van der Waals surface area contributed by atoms with E-state index in [9.17, 15) is 19.7 Å². The molecule has 2 N–H and O–H groups in total. The lowest BCUT2D eigenvalue weighted by atomic mass is 10.0. The molecule has 0 aliphatic carbocycles. The van der Waals surface area contributed by atoms with E-state index in [1.165, 1.54) is 11.5 Å². The van der Waals surface area contributed by atoms with Crippen LogP contribution in [0.5, 0.6) is 0 Å². The van der Waals surface area contributed by atoms with Crippen molar-refractivity contribution in [1.29, 1.82) is 0 Å². The Labute approximate surface area is 121 Å². The van der Waals surface area contributed by atoms with Crippen molar-refractivity contribution >= 4 is 17.7 Å². The van der Waals surface area contributed by atoms with Gasteiger partial charge in [-0.3, -0.25) is 9.36 Å². The Morgan fingerprint density at radius 3 is 2.57 bits per heavy atom. The van der Waals surface area contributed by atoms with Crippen LogP contribution in [-0.4, -0.2) is 37.5 Å². The summed E-state index contributed by atoms with van der Waals surface area (Å²) in [6, 6.07) is -0.976. The smallest absolute Gasteiger partial charge is 0.381 e. The van der Waals surface area contributed by atoms with Crippen LogP contribution >= 0.6 is 0 Å². The van der Waals surface area contributed by atoms with Gasteiger partial charge in [-0.15, -0.1) is 0 Å². The fourth-order valence-corrected chi connectivity index (χ4v) is 1.83. The SMILES string of the molecule is Cc1nc([N+](=O)[O-])cn1CC(=O)N[C@@H](CC(C)C)C(=O)O. The molecule has 1 rings (SSSR count). The molecule has 21 heavy (non-hydrogen) atoms. The number of rotatable bonds is 7. The van der Waals surface area contributed by atoms with Gasteiger partial charge < -0.3 is 20.5 Å². The quantitative estimate of drug-likeness (QED) is 0.564. The summed E-state index contributed by atoms with van der Waals surface area (Å²) >= 11 is 0. The van der Waals surface area contributed by atoms with E-state index in [0.717, 1.165) is 6.20 Å². The first-order valence-electron chi connectivity index (χ1n) is 6.41. The number of amides is 1. The molecule has 0 radical (unpaired) electrons. The summed E-state index contributed by atoms with van der Waals surface area (Å²) in [6.07, 6.45) is 1.46. The first-order chi connectivity index (χ1) is 9.70. The van der Waals surface area contributed by atoms with E-state index < -0.39 is 22.8 Å². The van der Waals surface area contributed by atoms with Crippen LogP contribution in [0.15, 0.2) is 6.20 Å². The van der Waals surface area contributed by atoms with Crippen molar-refractivity contribution in [1.82, 2.24) is 14.9 Å². The number of carboxylic acid groups (broad SMARTS) is 1. The highest BCUT2D eigenvalue weighted by Crippen LogP contribution is 2.10. The highest BCUT2D eigenvalue weighted by molar-refractivity contribution is 5.83. The average Bonchev–Trinajstić information content (AvgIpc) is 2.69. The summed E-state index contributed by atoms with van der Waals surface area (Å²) in [7, 11) is 0. The van der Waals surface area contributed by atoms with Gasteiger partial charge in [0, 0.05) is 6.92 Å². The summed E-state index contributed by atoms with van der Waals surface area (Å²) in [5.41, 5.74) is 0. The van der Waals surface area contributed by atoms with Crippen LogP contribution < -0.4 is 5.32 Å². The number of nitro groups is 1. The standard InChI is InChI=1S/C12H18N4O5/c1-7(2)4-9(12(18)19)14-11(17)6-15-5-10(16(20)21)13-8(15)3/h5,7,9H,4,6H2,1-3H3,(H,14,17)(H,18,19)/t9-/m0/s1. The van der Waals surface area contributed by atoms with E-state index >= 15 is 0 Å². The zero-order valence-corrected chi connectivity index (χ0v) is 12.1. The highest BCUT2D eigenvalue weighted by atomic mass is 16.6. The van der Waals surface area contributed by atoms with E-state index in [2.05, 4.69) is 10.3 Å². The molecule has 0 saturated heterocycles. The van der Waals surface area contributed by atoms with Crippen LogP contribution in [0.3, 0.4) is 0 Å². The van der Waals surface area contributed by atoms with Crippen LogP contribution in [0, 0.1) is 23.0 Å². The molecule has 1 heterocycles. The molecule has 1 aromatic heterocycles. The number of hydrogen-bond donors (Lipinski definition) is 2. The number of carbonyl (C=O) groups is 2. The molecule has 1 atom stereocenters. The average molecular weight is 298 g/mol. The van der Waals surface area contributed by atoms with Crippen molar-refractivity contribution in [3.05, 3.63) is 22.1 Å². The molecule has 0 saturated carbocycles. The Bertz CT molecular complexity index is 552. The maximum Gasteiger partial charge on any atom is 0.381 e. The number of aliphatic carboxylic acids is 1. The minimum Gasteiger partial charge on any atom is -0.480 e. The van der Waals surface area contributed by atoms with Gasteiger partial charge >= 0.3 is 11.8 Å². The van der Waals surface area contributed by atoms with Crippen molar-refractivity contribution in [2.75, 3.05) is 0 Å². The molecule has 0 unspecified atom stereocenters. The van der Waals surface area contributed by atoms with Crippen molar-refractivity contribution in [2.45, 2.75) is 39.8 Å². The third-order valence-electron chi connectivity index (χ3n) is 2.80. The van der Waals surface area contributed by atoms with Gasteiger partial charge in [-0.25, -0.2) is 4.79 Å². The fraction of sp³-hybridized carbons (Fsp3) is 0.583. The minimum atomic E-state index is -1.11. The second-order valence-electron chi connectivity index (χ2n) is 5.12. The molecule has 0 bridgehead atoms. The Morgan fingerprint density at radius 2 is 2.14 bits per heavy atom. The van der Waals surface area contributed by atoms with E-state index in [0.29, 0.717) is 12.2 Å². The third-order valence-corrected chi connectivity index (χ3v) is 2.80. The number of nitrogens with zero attached hydrogens (tertiary/aromatic N) is 3. The second kappa shape index (κ2) is 6.82. The van der Waals surface area contributed by atoms with Gasteiger partial charge in [-0.05, 0) is 22.2 Å². The maximum absolute atomic E-state index is 11.8. The van der Waals surface area contributed by atoms with Gasteiger partial charge in [0.25, 0.3) is 0 Å². The molecular weight excluding hydrogens is 280 g/mol.